The highest BCUT2D eigenvalue weighted by molar-refractivity contribution is 6.09. The summed E-state index contributed by atoms with van der Waals surface area (Å²) in [6.07, 6.45) is 1.00. The number of amides is 4. The Labute approximate surface area is 208 Å². The van der Waals surface area contributed by atoms with Crippen LogP contribution in [0.25, 0.3) is 16.9 Å². The van der Waals surface area contributed by atoms with Gasteiger partial charge in [-0.2, -0.15) is 10.1 Å². The molecule has 4 amide bonds. The van der Waals surface area contributed by atoms with E-state index in [0.717, 1.165) is 16.1 Å². The van der Waals surface area contributed by atoms with Gasteiger partial charge in [-0.15, -0.1) is 0 Å². The molecule has 8 heteroatoms. The van der Waals surface area contributed by atoms with E-state index in [9.17, 15) is 14.4 Å². The summed E-state index contributed by atoms with van der Waals surface area (Å²) in [5, 5.41) is 8.12. The molecule has 5 rings (SSSR count). The lowest BCUT2D eigenvalue weighted by Crippen LogP contribution is -2.49. The third-order valence-corrected chi connectivity index (χ3v) is 6.24. The number of hydrogen-bond acceptors (Lipinski definition) is 4. The molecule has 0 bridgehead atoms. The second kappa shape index (κ2) is 9.50. The van der Waals surface area contributed by atoms with Crippen LogP contribution in [0.4, 0.5) is 4.79 Å². The number of nitrogens with zero attached hydrogens (tertiary/aromatic N) is 3. The molecule has 3 aromatic carbocycles. The highest BCUT2D eigenvalue weighted by Crippen LogP contribution is 2.24. The maximum atomic E-state index is 13.4. The Bertz CT molecular complexity index is 1400. The maximum Gasteiger partial charge on any atom is 0.344 e. The van der Waals surface area contributed by atoms with Crippen LogP contribution >= 0.6 is 0 Å². The van der Waals surface area contributed by atoms with E-state index in [2.05, 4.69) is 15.8 Å². The number of aryl methyl sites for hydroxylation is 1. The van der Waals surface area contributed by atoms with Crippen molar-refractivity contribution < 1.29 is 14.4 Å². The van der Waals surface area contributed by atoms with Gasteiger partial charge in [-0.05, 0) is 43.5 Å². The summed E-state index contributed by atoms with van der Waals surface area (Å²) in [7, 11) is 0. The lowest BCUT2D eigenvalue weighted by atomic mass is 9.93. The fraction of sp³-hybridized carbons (Fsp3) is 0.143. The zero-order valence-corrected chi connectivity index (χ0v) is 19.7. The third-order valence-electron chi connectivity index (χ3n) is 6.24. The van der Waals surface area contributed by atoms with Gasteiger partial charge in [-0.25, -0.2) is 9.48 Å². The van der Waals surface area contributed by atoms with Crippen LogP contribution in [-0.4, -0.2) is 38.2 Å². The van der Waals surface area contributed by atoms with Gasteiger partial charge in [0.15, 0.2) is 0 Å². The van der Waals surface area contributed by atoms with Gasteiger partial charge in [0.25, 0.3) is 11.8 Å². The van der Waals surface area contributed by atoms with Gasteiger partial charge in [0, 0.05) is 5.56 Å². The summed E-state index contributed by atoms with van der Waals surface area (Å²) in [6, 6.07) is 29.4. The highest BCUT2D eigenvalue weighted by Gasteiger charge is 2.48. The van der Waals surface area contributed by atoms with Gasteiger partial charge in [-0.3, -0.25) is 15.0 Å². The number of carbonyl (C=O) groups excluding carboxylic acids is 3. The Morgan fingerprint density at radius 2 is 1.53 bits per heavy atom. The van der Waals surface area contributed by atoms with E-state index in [1.54, 1.807) is 13.0 Å². The van der Waals surface area contributed by atoms with Gasteiger partial charge in [0.05, 0.1) is 11.4 Å². The molecule has 1 atom stereocenters. The summed E-state index contributed by atoms with van der Waals surface area (Å²) >= 11 is 0. The van der Waals surface area contributed by atoms with Crippen molar-refractivity contribution in [2.45, 2.75) is 25.3 Å². The number of hydrogen-bond donors (Lipinski definition) is 2. The Morgan fingerprint density at radius 3 is 2.19 bits per heavy atom. The summed E-state index contributed by atoms with van der Waals surface area (Å²) < 4.78 is 1.50. The quantitative estimate of drug-likeness (QED) is 0.390. The minimum absolute atomic E-state index is 0.193. The van der Waals surface area contributed by atoms with Crippen LogP contribution in [-0.2, 0) is 11.2 Å². The molecule has 1 unspecified atom stereocenters. The van der Waals surface area contributed by atoms with Crippen molar-refractivity contribution in [1.82, 2.24) is 25.5 Å². The first-order valence-corrected chi connectivity index (χ1v) is 11.7. The lowest BCUT2D eigenvalue weighted by molar-refractivity contribution is -0.132. The summed E-state index contributed by atoms with van der Waals surface area (Å²) in [5.41, 5.74) is 4.72. The Morgan fingerprint density at radius 1 is 0.917 bits per heavy atom. The van der Waals surface area contributed by atoms with E-state index in [1.165, 1.54) is 4.68 Å². The summed E-state index contributed by atoms with van der Waals surface area (Å²) in [6.45, 7) is 1.67. The van der Waals surface area contributed by atoms with E-state index in [4.69, 9.17) is 0 Å². The minimum atomic E-state index is -1.13. The Balaban J connectivity index is 1.39. The van der Waals surface area contributed by atoms with Crippen molar-refractivity contribution >= 4 is 17.8 Å². The zero-order valence-electron chi connectivity index (χ0n) is 19.7. The third kappa shape index (κ3) is 4.48. The SMILES string of the molecule is CC1(CCc2ccccc2)NC(=O)N(NC(=O)c2cc(-c3ccccc3)nn2-c2ccccc2)C1=O. The fourth-order valence-corrected chi connectivity index (χ4v) is 4.21. The molecule has 1 fully saturated rings. The van der Waals surface area contributed by atoms with Crippen molar-refractivity contribution in [3.63, 3.8) is 0 Å². The topological polar surface area (TPSA) is 96.3 Å². The first-order valence-electron chi connectivity index (χ1n) is 11.7. The van der Waals surface area contributed by atoms with Gasteiger partial charge in [0.2, 0.25) is 0 Å². The van der Waals surface area contributed by atoms with E-state index in [1.807, 2.05) is 91.0 Å². The minimum Gasteiger partial charge on any atom is -0.322 e. The number of imide groups is 1. The summed E-state index contributed by atoms with van der Waals surface area (Å²) in [4.78, 5) is 39.3. The molecule has 1 aliphatic rings. The average molecular weight is 480 g/mol. The molecule has 0 saturated carbocycles. The molecule has 1 aromatic heterocycles. The normalized spacial score (nSPS) is 17.2. The Hall–Kier alpha value is -4.72. The van der Waals surface area contributed by atoms with Crippen molar-refractivity contribution in [2.24, 2.45) is 0 Å². The van der Waals surface area contributed by atoms with Crippen molar-refractivity contribution in [1.29, 1.82) is 0 Å². The predicted octanol–water partition coefficient (Wildman–Crippen LogP) is 4.13. The van der Waals surface area contributed by atoms with Gasteiger partial charge in [0.1, 0.15) is 11.2 Å². The maximum absolute atomic E-state index is 13.4. The number of rotatable bonds is 7. The van der Waals surface area contributed by atoms with Gasteiger partial charge in [-0.1, -0.05) is 78.9 Å². The Kier molecular flexibility index (Phi) is 6.08. The average Bonchev–Trinajstić information content (AvgIpc) is 3.45. The number of aromatic nitrogens is 2. The molecule has 2 heterocycles. The first kappa shape index (κ1) is 23.0. The van der Waals surface area contributed by atoms with Crippen molar-refractivity contribution in [3.8, 4) is 16.9 Å². The zero-order chi connectivity index (χ0) is 25.1. The number of para-hydroxylation sites is 1. The smallest absolute Gasteiger partial charge is 0.322 e. The highest BCUT2D eigenvalue weighted by atomic mass is 16.2. The monoisotopic (exact) mass is 479 g/mol. The molecule has 8 nitrogen and oxygen atoms in total. The van der Waals surface area contributed by atoms with Crippen molar-refractivity contribution in [2.75, 3.05) is 0 Å². The molecule has 4 aromatic rings. The van der Waals surface area contributed by atoms with Gasteiger partial charge >= 0.3 is 6.03 Å². The predicted molar refractivity (Wildman–Crippen MR) is 135 cm³/mol. The van der Waals surface area contributed by atoms with Crippen LogP contribution in [0.5, 0.6) is 0 Å². The first-order chi connectivity index (χ1) is 17.4. The fourth-order valence-electron chi connectivity index (χ4n) is 4.21. The van der Waals surface area contributed by atoms with Crippen LogP contribution in [0.1, 0.15) is 29.4 Å². The summed E-state index contributed by atoms with van der Waals surface area (Å²) in [5.74, 6) is -1.13. The molecule has 180 valence electrons. The van der Waals surface area contributed by atoms with Crippen molar-refractivity contribution in [3.05, 3.63) is 108 Å². The molecule has 2 N–H and O–H groups in total. The molecule has 0 spiro atoms. The number of benzene rings is 3. The van der Waals surface area contributed by atoms with E-state index >= 15 is 0 Å². The molecule has 1 aliphatic heterocycles. The number of nitrogens with one attached hydrogen (secondary N) is 2. The molecular weight excluding hydrogens is 454 g/mol. The van der Waals surface area contributed by atoms with E-state index in [0.29, 0.717) is 24.2 Å². The molecular formula is C28H25N5O3. The van der Waals surface area contributed by atoms with Crippen LogP contribution < -0.4 is 10.7 Å². The van der Waals surface area contributed by atoms with Crippen LogP contribution in [0.2, 0.25) is 0 Å². The molecule has 0 radical (unpaired) electrons. The standard InChI is InChI=1S/C28H25N5O3/c1-28(18-17-20-11-5-2-6-12-20)26(35)33(27(36)29-28)31-25(34)24-19-23(21-13-7-3-8-14-21)30-32(24)22-15-9-4-10-16-22/h2-16,19H,17-18H2,1H3,(H,29,36)(H,31,34). The largest absolute Gasteiger partial charge is 0.344 e. The van der Waals surface area contributed by atoms with Crippen LogP contribution in [0.3, 0.4) is 0 Å². The molecule has 0 aliphatic carbocycles. The second-order valence-corrected chi connectivity index (χ2v) is 8.86. The second-order valence-electron chi connectivity index (χ2n) is 8.86. The van der Waals surface area contributed by atoms with Crippen LogP contribution in [0.15, 0.2) is 97.1 Å². The number of carbonyl (C=O) groups is 3. The number of urea groups is 1. The van der Waals surface area contributed by atoms with E-state index in [-0.39, 0.29) is 5.69 Å². The van der Waals surface area contributed by atoms with Gasteiger partial charge < -0.3 is 5.32 Å². The molecule has 1 saturated heterocycles. The van der Waals surface area contributed by atoms with E-state index < -0.39 is 23.4 Å². The lowest BCUT2D eigenvalue weighted by Gasteiger charge is -2.21. The number of hydrazine groups is 1. The van der Waals surface area contributed by atoms with Crippen LogP contribution in [0, 0.1) is 0 Å². The molecule has 36 heavy (non-hydrogen) atoms.